The first-order valence-electron chi connectivity index (χ1n) is 6.75. The Labute approximate surface area is 137 Å². The van der Waals surface area contributed by atoms with Crippen molar-refractivity contribution in [2.24, 2.45) is 12.8 Å². The second-order valence-electron chi connectivity index (χ2n) is 4.93. The number of aryl methyl sites for hydroxylation is 1. The summed E-state index contributed by atoms with van der Waals surface area (Å²) in [6.45, 7) is 3.71. The highest BCUT2D eigenvalue weighted by molar-refractivity contribution is 5.85. The van der Waals surface area contributed by atoms with Crippen LogP contribution in [0, 0.1) is 0 Å². The number of hydrogen-bond acceptors (Lipinski definition) is 4. The molecule has 1 saturated heterocycles. The first-order valence-corrected chi connectivity index (χ1v) is 6.75. The quantitative estimate of drug-likeness (QED) is 0.872. The average Bonchev–Trinajstić information content (AvgIpc) is 3.04. The van der Waals surface area contributed by atoms with Crippen molar-refractivity contribution in [2.45, 2.75) is 38.5 Å². The monoisotopic (exact) mass is 338 g/mol. The molecule has 2 rings (SSSR count). The number of halogens is 2. The molecule has 1 aromatic heterocycles. The number of carbonyl (C=O) groups is 1. The second-order valence-corrected chi connectivity index (χ2v) is 4.93. The molecule has 0 spiro atoms. The fourth-order valence-electron chi connectivity index (χ4n) is 2.38. The molecule has 0 unspecified atom stereocenters. The molecule has 0 aromatic carbocycles. The maximum Gasteiger partial charge on any atom is 0.252 e. The van der Waals surface area contributed by atoms with Gasteiger partial charge in [0.15, 0.2) is 0 Å². The second kappa shape index (κ2) is 9.25. The Balaban J connectivity index is 0.00000200. The van der Waals surface area contributed by atoms with E-state index in [9.17, 15) is 4.79 Å². The summed E-state index contributed by atoms with van der Waals surface area (Å²) in [4.78, 5) is 14.2. The predicted molar refractivity (Wildman–Crippen MR) is 85.7 cm³/mol. The van der Waals surface area contributed by atoms with Crippen LogP contribution in [0.4, 0.5) is 0 Å². The number of amides is 1. The first-order chi connectivity index (χ1) is 9.13. The van der Waals surface area contributed by atoms with Gasteiger partial charge < -0.3 is 15.4 Å². The lowest BCUT2D eigenvalue weighted by atomic mass is 10.1. The highest BCUT2D eigenvalue weighted by atomic mass is 35.5. The zero-order valence-electron chi connectivity index (χ0n) is 12.4. The molecular weight excluding hydrogens is 315 g/mol. The van der Waals surface area contributed by atoms with Gasteiger partial charge >= 0.3 is 0 Å². The van der Waals surface area contributed by atoms with Crippen molar-refractivity contribution in [1.29, 1.82) is 0 Å². The molecule has 1 amide bonds. The van der Waals surface area contributed by atoms with Crippen molar-refractivity contribution in [3.8, 4) is 0 Å². The van der Waals surface area contributed by atoms with Crippen molar-refractivity contribution >= 4 is 30.7 Å². The van der Waals surface area contributed by atoms with Gasteiger partial charge in [-0.2, -0.15) is 5.10 Å². The van der Waals surface area contributed by atoms with Crippen LogP contribution >= 0.6 is 24.8 Å². The van der Waals surface area contributed by atoms with Crippen LogP contribution in [0.1, 0.15) is 25.3 Å². The normalized spacial score (nSPS) is 20.5. The Bertz CT molecular complexity index is 442. The van der Waals surface area contributed by atoms with Crippen LogP contribution in [-0.2, 0) is 23.1 Å². The van der Waals surface area contributed by atoms with Gasteiger partial charge in [-0.05, 0) is 19.8 Å². The van der Waals surface area contributed by atoms with Crippen LogP contribution in [0.2, 0.25) is 0 Å². The summed E-state index contributed by atoms with van der Waals surface area (Å²) in [7, 11) is 1.87. The van der Waals surface area contributed by atoms with Gasteiger partial charge in [0.2, 0.25) is 0 Å². The van der Waals surface area contributed by atoms with Crippen LogP contribution in [0.25, 0.3) is 0 Å². The molecule has 0 saturated carbocycles. The largest absolute Gasteiger partial charge is 0.364 e. The molecular formula is C13H24Cl2N4O2. The lowest BCUT2D eigenvalue weighted by Gasteiger charge is -2.23. The van der Waals surface area contributed by atoms with E-state index < -0.39 is 0 Å². The molecule has 0 aliphatic carbocycles. The van der Waals surface area contributed by atoms with E-state index in [-0.39, 0.29) is 42.9 Å². The van der Waals surface area contributed by atoms with Gasteiger partial charge in [-0.1, -0.05) is 0 Å². The Morgan fingerprint density at radius 2 is 2.24 bits per heavy atom. The molecule has 1 aliphatic rings. The zero-order chi connectivity index (χ0) is 13.8. The van der Waals surface area contributed by atoms with E-state index in [1.54, 1.807) is 15.8 Å². The van der Waals surface area contributed by atoms with E-state index in [0.717, 1.165) is 18.4 Å². The SMILES string of the molecule is CCN(Cc1cnn(C)c1)C(=O)[C@@H]1CC[C@H](CN)O1.Cl.Cl. The molecule has 1 aromatic rings. The third-order valence-electron chi connectivity index (χ3n) is 3.47. The number of ether oxygens (including phenoxy) is 1. The topological polar surface area (TPSA) is 73.4 Å². The molecule has 6 nitrogen and oxygen atoms in total. The fourth-order valence-corrected chi connectivity index (χ4v) is 2.38. The van der Waals surface area contributed by atoms with Gasteiger partial charge in [0.1, 0.15) is 6.10 Å². The maximum absolute atomic E-state index is 12.4. The lowest BCUT2D eigenvalue weighted by molar-refractivity contribution is -0.143. The summed E-state index contributed by atoms with van der Waals surface area (Å²) >= 11 is 0. The van der Waals surface area contributed by atoms with Gasteiger partial charge in [0.25, 0.3) is 5.91 Å². The van der Waals surface area contributed by atoms with Crippen LogP contribution < -0.4 is 5.73 Å². The zero-order valence-corrected chi connectivity index (χ0v) is 14.0. The van der Waals surface area contributed by atoms with Crippen LogP contribution in [0.15, 0.2) is 12.4 Å². The van der Waals surface area contributed by atoms with Crippen LogP contribution in [0.5, 0.6) is 0 Å². The Morgan fingerprint density at radius 3 is 2.71 bits per heavy atom. The minimum absolute atomic E-state index is 0. The van der Waals surface area contributed by atoms with E-state index in [1.807, 2.05) is 20.2 Å². The standard InChI is InChI=1S/C13H22N4O2.2ClH/c1-3-17(9-10-7-15-16(2)8-10)13(18)12-5-4-11(6-14)19-12;;/h7-8,11-12H,3-6,9,14H2,1-2H3;2*1H/t11-,12+;;/m1../s1. The summed E-state index contributed by atoms with van der Waals surface area (Å²) in [5.41, 5.74) is 6.60. The van der Waals surface area contributed by atoms with E-state index in [0.29, 0.717) is 19.6 Å². The van der Waals surface area contributed by atoms with Gasteiger partial charge in [-0.3, -0.25) is 9.48 Å². The molecule has 122 valence electrons. The van der Waals surface area contributed by atoms with Crippen molar-refractivity contribution in [1.82, 2.24) is 14.7 Å². The molecule has 0 bridgehead atoms. The molecule has 2 atom stereocenters. The summed E-state index contributed by atoms with van der Waals surface area (Å²) < 4.78 is 7.40. The molecule has 1 fully saturated rings. The van der Waals surface area contributed by atoms with Gasteiger partial charge in [-0.25, -0.2) is 0 Å². The average molecular weight is 339 g/mol. The molecule has 21 heavy (non-hydrogen) atoms. The van der Waals surface area contributed by atoms with Gasteiger partial charge in [-0.15, -0.1) is 24.8 Å². The van der Waals surface area contributed by atoms with Crippen LogP contribution in [-0.4, -0.2) is 45.9 Å². The number of rotatable bonds is 5. The van der Waals surface area contributed by atoms with E-state index in [1.165, 1.54) is 0 Å². The first kappa shape index (κ1) is 20.2. The fraction of sp³-hybridized carbons (Fsp3) is 0.692. The van der Waals surface area contributed by atoms with Gasteiger partial charge in [0.05, 0.1) is 12.3 Å². The molecule has 8 heteroatoms. The summed E-state index contributed by atoms with van der Waals surface area (Å²) in [5.74, 6) is 0.0577. The highest BCUT2D eigenvalue weighted by Crippen LogP contribution is 2.21. The van der Waals surface area contributed by atoms with Crippen molar-refractivity contribution in [3.05, 3.63) is 18.0 Å². The van der Waals surface area contributed by atoms with E-state index in [2.05, 4.69) is 5.10 Å². The van der Waals surface area contributed by atoms with Gasteiger partial charge in [0, 0.05) is 38.4 Å². The molecule has 2 N–H and O–H groups in total. The van der Waals surface area contributed by atoms with E-state index in [4.69, 9.17) is 10.5 Å². The van der Waals surface area contributed by atoms with Crippen molar-refractivity contribution in [2.75, 3.05) is 13.1 Å². The lowest BCUT2D eigenvalue weighted by Crippen LogP contribution is -2.39. The third-order valence-corrected chi connectivity index (χ3v) is 3.47. The summed E-state index contributed by atoms with van der Waals surface area (Å²) in [6.07, 6.45) is 5.06. The molecule has 0 radical (unpaired) electrons. The maximum atomic E-state index is 12.4. The minimum Gasteiger partial charge on any atom is -0.364 e. The van der Waals surface area contributed by atoms with Crippen molar-refractivity contribution < 1.29 is 9.53 Å². The van der Waals surface area contributed by atoms with Crippen LogP contribution in [0.3, 0.4) is 0 Å². The minimum atomic E-state index is -0.329. The Kier molecular flexibility index (Phi) is 8.89. The number of nitrogens with zero attached hydrogens (tertiary/aromatic N) is 3. The van der Waals surface area contributed by atoms with E-state index >= 15 is 0 Å². The number of likely N-dealkylation sites (N-methyl/N-ethyl adjacent to an activating group) is 1. The molecule has 2 heterocycles. The summed E-state index contributed by atoms with van der Waals surface area (Å²) in [5, 5.41) is 4.12. The van der Waals surface area contributed by atoms with Crippen molar-refractivity contribution in [3.63, 3.8) is 0 Å². The number of carbonyl (C=O) groups excluding carboxylic acids is 1. The predicted octanol–water partition coefficient (Wildman–Crippen LogP) is 1.12. The Morgan fingerprint density at radius 1 is 1.52 bits per heavy atom. The molecule has 1 aliphatic heterocycles. The highest BCUT2D eigenvalue weighted by Gasteiger charge is 2.32. The number of aromatic nitrogens is 2. The summed E-state index contributed by atoms with van der Waals surface area (Å²) in [6, 6.07) is 0. The smallest absolute Gasteiger partial charge is 0.252 e. The third kappa shape index (κ3) is 5.14. The Hall–Kier alpha value is -0.820. The number of nitrogens with two attached hydrogens (primary N) is 1. The number of hydrogen-bond donors (Lipinski definition) is 1.